The van der Waals surface area contributed by atoms with Crippen LogP contribution in [0.25, 0.3) is 0 Å². The van der Waals surface area contributed by atoms with E-state index in [1.165, 1.54) is 12.8 Å². The lowest BCUT2D eigenvalue weighted by molar-refractivity contribution is 0.0482. The molecular weight excluding hydrogens is 214 g/mol. The molecule has 3 atom stereocenters. The quantitative estimate of drug-likeness (QED) is 0.797. The summed E-state index contributed by atoms with van der Waals surface area (Å²) < 4.78 is 5.88. The maximum Gasteiger partial charge on any atom is 0.151 e. The Morgan fingerprint density at radius 1 is 1.35 bits per heavy atom. The lowest BCUT2D eigenvalue weighted by Crippen LogP contribution is -2.35. The van der Waals surface area contributed by atoms with Gasteiger partial charge in [-0.25, -0.2) is 0 Å². The third kappa shape index (κ3) is 1.80. The van der Waals surface area contributed by atoms with E-state index in [0.717, 1.165) is 24.7 Å². The molecule has 1 aromatic rings. The van der Waals surface area contributed by atoms with E-state index in [0.29, 0.717) is 18.1 Å². The summed E-state index contributed by atoms with van der Waals surface area (Å²) in [5.74, 6) is 1.69. The minimum Gasteiger partial charge on any atom is -0.376 e. The topological polar surface area (TPSA) is 38.2 Å². The number of anilines is 1. The van der Waals surface area contributed by atoms with Gasteiger partial charge in [-0.2, -0.15) is 5.10 Å². The van der Waals surface area contributed by atoms with E-state index in [9.17, 15) is 0 Å². The highest BCUT2D eigenvalue weighted by atomic mass is 16.5. The highest BCUT2D eigenvalue weighted by Crippen LogP contribution is 2.41. The van der Waals surface area contributed by atoms with Gasteiger partial charge < -0.3 is 9.64 Å². The van der Waals surface area contributed by atoms with Gasteiger partial charge in [0.1, 0.15) is 0 Å². The van der Waals surface area contributed by atoms with E-state index in [-0.39, 0.29) is 0 Å². The van der Waals surface area contributed by atoms with Crippen LogP contribution in [0.2, 0.25) is 0 Å². The molecule has 1 aliphatic heterocycles. The van der Waals surface area contributed by atoms with Gasteiger partial charge in [0.15, 0.2) is 5.82 Å². The molecule has 1 saturated carbocycles. The Kier molecular flexibility index (Phi) is 2.74. The summed E-state index contributed by atoms with van der Waals surface area (Å²) in [5, 5.41) is 8.44. The molecule has 0 aromatic carbocycles. The summed E-state index contributed by atoms with van der Waals surface area (Å²) in [6, 6.07) is 4.62. The monoisotopic (exact) mass is 233 g/mol. The first-order valence-electron chi connectivity index (χ1n) is 6.48. The highest BCUT2D eigenvalue weighted by molar-refractivity contribution is 5.42. The normalized spacial score (nSPS) is 31.2. The number of ether oxygens (including phenoxy) is 1. The lowest BCUT2D eigenvalue weighted by atomic mass is 10.1. The summed E-state index contributed by atoms with van der Waals surface area (Å²) >= 11 is 0. The SMILES string of the molecule is CCOC1C2CCC1N(c1ccc(C)nn1)C2. The van der Waals surface area contributed by atoms with Gasteiger partial charge in [-0.3, -0.25) is 0 Å². The molecule has 2 aliphatic rings. The number of nitrogens with zero attached hydrogens (tertiary/aromatic N) is 3. The van der Waals surface area contributed by atoms with E-state index >= 15 is 0 Å². The molecule has 0 spiro atoms. The molecule has 0 N–H and O–H groups in total. The summed E-state index contributed by atoms with van der Waals surface area (Å²) in [6.45, 7) is 5.93. The van der Waals surface area contributed by atoms with E-state index in [2.05, 4.69) is 28.1 Å². The molecule has 2 bridgehead atoms. The van der Waals surface area contributed by atoms with Crippen LogP contribution in [0.4, 0.5) is 5.82 Å². The summed E-state index contributed by atoms with van der Waals surface area (Å²) in [5.41, 5.74) is 0.972. The smallest absolute Gasteiger partial charge is 0.151 e. The van der Waals surface area contributed by atoms with Crippen LogP contribution in [-0.4, -0.2) is 35.5 Å². The average molecular weight is 233 g/mol. The van der Waals surface area contributed by atoms with E-state index < -0.39 is 0 Å². The zero-order chi connectivity index (χ0) is 11.8. The van der Waals surface area contributed by atoms with E-state index in [1.807, 2.05) is 13.0 Å². The number of hydrogen-bond donors (Lipinski definition) is 0. The molecule has 4 heteroatoms. The first kappa shape index (κ1) is 11.0. The molecule has 4 nitrogen and oxygen atoms in total. The van der Waals surface area contributed by atoms with Gasteiger partial charge in [-0.15, -0.1) is 5.10 Å². The maximum atomic E-state index is 5.88. The Hall–Kier alpha value is -1.16. The molecular formula is C13H19N3O. The molecule has 3 rings (SSSR count). The Labute approximate surface area is 102 Å². The predicted molar refractivity (Wildman–Crippen MR) is 66.0 cm³/mol. The van der Waals surface area contributed by atoms with Crippen LogP contribution in [0, 0.1) is 12.8 Å². The molecule has 1 aromatic heterocycles. The number of fused-ring (bicyclic) bond motifs is 2. The predicted octanol–water partition coefficient (Wildman–Crippen LogP) is 1.79. The van der Waals surface area contributed by atoms with Gasteiger partial charge in [0.05, 0.1) is 17.8 Å². The van der Waals surface area contributed by atoms with Gasteiger partial charge >= 0.3 is 0 Å². The third-order valence-corrected chi connectivity index (χ3v) is 3.95. The zero-order valence-electron chi connectivity index (χ0n) is 10.5. The second-order valence-corrected chi connectivity index (χ2v) is 5.01. The van der Waals surface area contributed by atoms with Crippen LogP contribution in [0.1, 0.15) is 25.5 Å². The maximum absolute atomic E-state index is 5.88. The fourth-order valence-corrected chi connectivity index (χ4v) is 3.19. The van der Waals surface area contributed by atoms with Gasteiger partial charge in [-0.05, 0) is 38.8 Å². The van der Waals surface area contributed by atoms with Crippen molar-refractivity contribution in [2.45, 2.75) is 38.8 Å². The molecule has 0 amide bonds. The summed E-state index contributed by atoms with van der Waals surface area (Å²) in [7, 11) is 0. The van der Waals surface area contributed by atoms with E-state index in [1.54, 1.807) is 0 Å². The number of piperidine rings is 1. The molecule has 92 valence electrons. The van der Waals surface area contributed by atoms with Crippen molar-refractivity contribution < 1.29 is 4.74 Å². The van der Waals surface area contributed by atoms with Crippen molar-refractivity contribution in [2.75, 3.05) is 18.1 Å². The molecule has 3 unspecified atom stereocenters. The van der Waals surface area contributed by atoms with E-state index in [4.69, 9.17) is 4.74 Å². The highest BCUT2D eigenvalue weighted by Gasteiger charge is 2.47. The van der Waals surface area contributed by atoms with Crippen molar-refractivity contribution in [1.82, 2.24) is 10.2 Å². The van der Waals surface area contributed by atoms with Crippen LogP contribution in [0.3, 0.4) is 0 Å². The average Bonchev–Trinajstić information content (AvgIpc) is 2.88. The van der Waals surface area contributed by atoms with Gasteiger partial charge in [0, 0.05) is 19.1 Å². The van der Waals surface area contributed by atoms with Crippen LogP contribution >= 0.6 is 0 Å². The van der Waals surface area contributed by atoms with Crippen LogP contribution < -0.4 is 4.90 Å². The Bertz CT molecular complexity index is 392. The number of hydrogen-bond acceptors (Lipinski definition) is 4. The first-order valence-corrected chi connectivity index (χ1v) is 6.48. The van der Waals surface area contributed by atoms with Gasteiger partial charge in [0.2, 0.25) is 0 Å². The largest absolute Gasteiger partial charge is 0.376 e. The van der Waals surface area contributed by atoms with Crippen molar-refractivity contribution in [3.63, 3.8) is 0 Å². The fraction of sp³-hybridized carbons (Fsp3) is 0.692. The minimum atomic E-state index is 0.406. The number of rotatable bonds is 3. The van der Waals surface area contributed by atoms with Crippen LogP contribution in [-0.2, 0) is 4.74 Å². The van der Waals surface area contributed by atoms with Gasteiger partial charge in [-0.1, -0.05) is 0 Å². The molecule has 0 radical (unpaired) electrons. The Morgan fingerprint density at radius 3 is 2.94 bits per heavy atom. The van der Waals surface area contributed by atoms with Gasteiger partial charge in [0.25, 0.3) is 0 Å². The van der Waals surface area contributed by atoms with Crippen molar-refractivity contribution in [3.8, 4) is 0 Å². The van der Waals surface area contributed by atoms with Crippen molar-refractivity contribution in [1.29, 1.82) is 0 Å². The molecule has 17 heavy (non-hydrogen) atoms. The van der Waals surface area contributed by atoms with Crippen LogP contribution in [0.15, 0.2) is 12.1 Å². The third-order valence-electron chi connectivity index (χ3n) is 3.95. The van der Waals surface area contributed by atoms with Crippen LogP contribution in [0.5, 0.6) is 0 Å². The Morgan fingerprint density at radius 2 is 2.24 bits per heavy atom. The fourth-order valence-electron chi connectivity index (χ4n) is 3.19. The number of aromatic nitrogens is 2. The molecule has 1 saturated heterocycles. The first-order chi connectivity index (χ1) is 8.29. The molecule has 2 heterocycles. The minimum absolute atomic E-state index is 0.406. The second-order valence-electron chi connectivity index (χ2n) is 5.01. The summed E-state index contributed by atoms with van der Waals surface area (Å²) in [4.78, 5) is 2.38. The molecule has 2 fully saturated rings. The summed E-state index contributed by atoms with van der Waals surface area (Å²) in [6.07, 6.45) is 2.93. The Balaban J connectivity index is 1.80. The zero-order valence-corrected chi connectivity index (χ0v) is 10.5. The number of aryl methyl sites for hydroxylation is 1. The lowest BCUT2D eigenvalue weighted by Gasteiger charge is -2.27. The second kappa shape index (κ2) is 4.26. The van der Waals surface area contributed by atoms with Crippen molar-refractivity contribution >= 4 is 5.82 Å². The standard InChI is InChI=1S/C13H19N3O/c1-3-17-13-10-5-6-11(13)16(8-10)12-7-4-9(2)14-15-12/h4,7,10-11,13H,3,5-6,8H2,1-2H3. The van der Waals surface area contributed by atoms with Crippen molar-refractivity contribution in [3.05, 3.63) is 17.8 Å². The molecule has 1 aliphatic carbocycles. The van der Waals surface area contributed by atoms with Crippen molar-refractivity contribution in [2.24, 2.45) is 5.92 Å².